The molecule has 1 heterocycles. The number of aromatic nitrogens is 2. The molecular weight excluding hydrogens is 541 g/mol. The average Bonchev–Trinajstić information content (AvgIpc) is 2.95. The molecule has 1 aromatic heterocycles. The van der Waals surface area contributed by atoms with Gasteiger partial charge in [0, 0.05) is 0 Å². The van der Waals surface area contributed by atoms with Crippen LogP contribution in [0.1, 0.15) is 5.69 Å². The molecule has 3 rings (SSSR count). The van der Waals surface area contributed by atoms with E-state index < -0.39 is 41.3 Å². The number of nitrogens with one attached hydrogen (secondary N) is 1. The van der Waals surface area contributed by atoms with Gasteiger partial charge in [0.2, 0.25) is 0 Å². The molecule has 3 aromatic rings. The molecule has 33 heavy (non-hydrogen) atoms. The van der Waals surface area contributed by atoms with E-state index in [1.807, 2.05) is 0 Å². The van der Waals surface area contributed by atoms with Crippen LogP contribution in [0, 0.1) is 6.92 Å². The van der Waals surface area contributed by atoms with Gasteiger partial charge in [-0.3, -0.25) is 9.89 Å². The van der Waals surface area contributed by atoms with Crippen LogP contribution in [0.2, 0.25) is 10.0 Å². The maximum absolute atomic E-state index is 12.7. The summed E-state index contributed by atoms with van der Waals surface area (Å²) in [7, 11) is -9.73. The largest absolute Gasteiger partial charge is 1.00 e. The molecule has 0 aliphatic heterocycles. The fraction of sp³-hybridized carbons (Fsp3) is 0.0625. The number of aryl methyl sites for hydroxylation is 1. The molecule has 11 nitrogen and oxygen atoms in total. The first-order chi connectivity index (χ1) is 14.3. The van der Waals surface area contributed by atoms with E-state index in [0.717, 1.165) is 28.9 Å². The Balaban J connectivity index is 0.00000272. The third-order valence-electron chi connectivity index (χ3n) is 3.93. The molecule has 0 radical (unpaired) electrons. The van der Waals surface area contributed by atoms with Crippen molar-refractivity contribution in [1.82, 2.24) is 9.78 Å². The predicted molar refractivity (Wildman–Crippen MR) is 108 cm³/mol. The van der Waals surface area contributed by atoms with Crippen molar-refractivity contribution in [2.24, 2.45) is 10.2 Å². The minimum absolute atomic E-state index is 0. The van der Waals surface area contributed by atoms with Crippen molar-refractivity contribution >= 4 is 54.8 Å². The molecule has 17 heteroatoms. The molecule has 0 unspecified atom stereocenters. The molecule has 0 fully saturated rings. The number of aromatic amines is 1. The second-order valence-electron chi connectivity index (χ2n) is 6.07. The van der Waals surface area contributed by atoms with E-state index in [-0.39, 0.29) is 86.2 Å². The van der Waals surface area contributed by atoms with Gasteiger partial charge in [-0.15, -0.1) is 10.2 Å². The second kappa shape index (κ2) is 11.5. The van der Waals surface area contributed by atoms with E-state index in [0.29, 0.717) is 0 Å². The number of hydrogen-bond donors (Lipinski definition) is 1. The molecule has 1 N–H and O–H groups in total. The number of H-pyrrole nitrogens is 1. The zero-order valence-electron chi connectivity index (χ0n) is 17.2. The fourth-order valence-electron chi connectivity index (χ4n) is 2.52. The van der Waals surface area contributed by atoms with Gasteiger partial charge in [0.25, 0.3) is 5.56 Å². The van der Waals surface area contributed by atoms with Gasteiger partial charge in [-0.25, -0.2) is 21.5 Å². The average molecular weight is 551 g/mol. The summed E-state index contributed by atoms with van der Waals surface area (Å²) in [6.45, 7) is 1.44. The Kier molecular flexibility index (Phi) is 10.6. The minimum Gasteiger partial charge on any atom is -0.744 e. The van der Waals surface area contributed by atoms with Crippen LogP contribution in [0.3, 0.4) is 0 Å². The van der Waals surface area contributed by atoms with Crippen LogP contribution in [-0.4, -0.2) is 35.7 Å². The summed E-state index contributed by atoms with van der Waals surface area (Å²) in [5, 5.41) is 9.72. The summed E-state index contributed by atoms with van der Waals surface area (Å²) in [6.07, 6.45) is 0. The van der Waals surface area contributed by atoms with Crippen molar-refractivity contribution in [3.05, 3.63) is 62.5 Å². The Bertz CT molecular complexity index is 1500. The smallest absolute Gasteiger partial charge is 0.744 e. The Morgan fingerprint density at radius 3 is 2.12 bits per heavy atom. The maximum Gasteiger partial charge on any atom is 1.00 e. The van der Waals surface area contributed by atoms with Gasteiger partial charge in [-0.05, 0) is 37.3 Å². The van der Waals surface area contributed by atoms with Crippen molar-refractivity contribution in [3.63, 3.8) is 0 Å². The Labute approximate surface area is 242 Å². The summed E-state index contributed by atoms with van der Waals surface area (Å²) in [5.41, 5.74) is -1.28. The number of benzene rings is 2. The summed E-state index contributed by atoms with van der Waals surface area (Å²) in [4.78, 5) is 11.4. The topological polar surface area (TPSA) is 177 Å². The number of rotatable bonds is 5. The third-order valence-corrected chi connectivity index (χ3v) is 6.35. The number of halogens is 2. The zero-order chi connectivity index (χ0) is 23.1. The Morgan fingerprint density at radius 1 is 0.939 bits per heavy atom. The summed E-state index contributed by atoms with van der Waals surface area (Å²) >= 11 is 11.6. The van der Waals surface area contributed by atoms with Gasteiger partial charge in [0.1, 0.15) is 25.9 Å². The van der Waals surface area contributed by atoms with Gasteiger partial charge in [0.15, 0.2) is 5.69 Å². The molecule has 0 spiro atoms. The fourth-order valence-corrected chi connectivity index (χ4v) is 4.03. The number of azo groups is 1. The summed E-state index contributed by atoms with van der Waals surface area (Å²) < 4.78 is 68.9. The van der Waals surface area contributed by atoms with Gasteiger partial charge in [0.05, 0.1) is 31.2 Å². The van der Waals surface area contributed by atoms with Crippen LogP contribution in [0.25, 0.3) is 5.69 Å². The van der Waals surface area contributed by atoms with Crippen molar-refractivity contribution in [1.29, 1.82) is 0 Å². The zero-order valence-corrected chi connectivity index (χ0v) is 24.4. The second-order valence-corrected chi connectivity index (χ2v) is 9.61. The van der Waals surface area contributed by atoms with Crippen LogP contribution >= 0.6 is 23.2 Å². The predicted octanol–water partition coefficient (Wildman–Crippen LogP) is -2.99. The molecule has 2 aromatic carbocycles. The Morgan fingerprint density at radius 2 is 1.55 bits per heavy atom. The van der Waals surface area contributed by atoms with E-state index in [1.54, 1.807) is 0 Å². The van der Waals surface area contributed by atoms with E-state index in [2.05, 4.69) is 15.3 Å². The molecular formula is C16H10Cl2N4Na2O7S2. The normalized spacial score (nSPS) is 11.8. The van der Waals surface area contributed by atoms with Crippen LogP contribution in [0.5, 0.6) is 0 Å². The number of hydrogen-bond acceptors (Lipinski definition) is 9. The van der Waals surface area contributed by atoms with Crippen molar-refractivity contribution in [3.8, 4) is 5.69 Å². The first kappa shape index (κ1) is 30.5. The van der Waals surface area contributed by atoms with E-state index in [9.17, 15) is 30.7 Å². The first-order valence-electron chi connectivity index (χ1n) is 8.03. The molecule has 0 aliphatic carbocycles. The monoisotopic (exact) mass is 550 g/mol. The van der Waals surface area contributed by atoms with Gasteiger partial charge in [-0.2, -0.15) is 0 Å². The van der Waals surface area contributed by atoms with E-state index >= 15 is 0 Å². The number of nitrogens with zero attached hydrogens (tertiary/aromatic N) is 3. The molecule has 0 amide bonds. The SMILES string of the molecule is Cc1[nH]n(-c2cccc(S(=O)(=O)[O-])c2)c(=O)c1N=Nc1cc(Cl)c(Cl)cc1S(=O)(=O)[O-].[Na+].[Na+]. The maximum atomic E-state index is 12.7. The minimum atomic E-state index is -4.98. The first-order valence-corrected chi connectivity index (χ1v) is 11.6. The molecule has 0 saturated heterocycles. The molecule has 0 saturated carbocycles. The quantitative estimate of drug-likeness (QED) is 0.200. The van der Waals surface area contributed by atoms with E-state index in [4.69, 9.17) is 23.2 Å². The van der Waals surface area contributed by atoms with Crippen LogP contribution < -0.4 is 64.7 Å². The van der Waals surface area contributed by atoms with E-state index in [1.165, 1.54) is 19.1 Å². The molecule has 0 atom stereocenters. The standard InChI is InChI=1S/C16H12Cl2N4O7S2.2Na/c1-8-15(20-19-13-6-11(17)12(18)7-14(13)31(27,28)29)16(23)22(21-8)9-3-2-4-10(5-9)30(24,25)26;;/h2-7,21H,1H3,(H,24,25,26)(H,27,28,29);;/q;2*+1/p-2. The van der Waals surface area contributed by atoms with Crippen molar-refractivity contribution in [2.45, 2.75) is 16.7 Å². The summed E-state index contributed by atoms with van der Waals surface area (Å²) in [6, 6.07) is 6.52. The van der Waals surface area contributed by atoms with Crippen molar-refractivity contribution in [2.75, 3.05) is 0 Å². The van der Waals surface area contributed by atoms with Crippen molar-refractivity contribution < 1.29 is 85.1 Å². The summed E-state index contributed by atoms with van der Waals surface area (Å²) in [5.74, 6) is 0. The third kappa shape index (κ3) is 6.99. The van der Waals surface area contributed by atoms with Gasteiger partial charge < -0.3 is 9.11 Å². The van der Waals surface area contributed by atoms with Crippen LogP contribution in [0.4, 0.5) is 11.4 Å². The Hall–Kier alpha value is -0.550. The van der Waals surface area contributed by atoms with Crippen LogP contribution in [0.15, 0.2) is 61.2 Å². The molecule has 164 valence electrons. The van der Waals surface area contributed by atoms with Gasteiger partial charge >= 0.3 is 59.1 Å². The molecule has 0 aliphatic rings. The van der Waals surface area contributed by atoms with Crippen LogP contribution in [-0.2, 0) is 20.2 Å². The molecule has 0 bridgehead atoms. The van der Waals surface area contributed by atoms with Gasteiger partial charge in [-0.1, -0.05) is 29.3 Å².